The minimum Gasteiger partial charge on any atom is -0.472 e. The van der Waals surface area contributed by atoms with E-state index >= 15 is 0 Å². The van der Waals surface area contributed by atoms with Crippen molar-refractivity contribution in [1.29, 1.82) is 0 Å². The molecule has 37 heavy (non-hydrogen) atoms. The molecule has 2 aromatic rings. The number of amides is 3. The fourth-order valence-corrected chi connectivity index (χ4v) is 3.96. The molecule has 200 valence electrons. The summed E-state index contributed by atoms with van der Waals surface area (Å²) in [5.41, 5.74) is 2.04. The fraction of sp³-hybridized carbons (Fsp3) is 0.556. The third kappa shape index (κ3) is 6.80. The van der Waals surface area contributed by atoms with Crippen LogP contribution in [0, 0.1) is 37.5 Å². The summed E-state index contributed by atoms with van der Waals surface area (Å²) < 4.78 is 11.4. The van der Waals surface area contributed by atoms with E-state index in [4.69, 9.17) is 9.26 Å². The number of aliphatic hydroxyl groups excluding tert-OH is 1. The Morgan fingerprint density at radius 1 is 1.35 bits per heavy atom. The molecule has 10 heteroatoms. The van der Waals surface area contributed by atoms with Gasteiger partial charge in [-0.1, -0.05) is 37.8 Å². The van der Waals surface area contributed by atoms with Crippen molar-refractivity contribution in [3.8, 4) is 17.7 Å². The highest BCUT2D eigenvalue weighted by molar-refractivity contribution is 5.97. The number of rotatable bonds is 6. The van der Waals surface area contributed by atoms with E-state index in [2.05, 4.69) is 41.1 Å². The topological polar surface area (TPSA) is 121 Å². The Morgan fingerprint density at radius 3 is 2.70 bits per heavy atom. The molecule has 0 radical (unpaired) electrons. The van der Waals surface area contributed by atoms with Gasteiger partial charge in [0.15, 0.2) is 5.76 Å². The largest absolute Gasteiger partial charge is 0.472 e. The van der Waals surface area contributed by atoms with E-state index in [1.165, 1.54) is 4.90 Å². The first-order chi connectivity index (χ1) is 17.5. The number of anilines is 1. The average Bonchev–Trinajstić information content (AvgIpc) is 3.17. The number of nitrogens with zero attached hydrogens (tertiary/aromatic N) is 4. The molecule has 0 saturated heterocycles. The van der Waals surface area contributed by atoms with E-state index in [0.717, 1.165) is 6.42 Å². The van der Waals surface area contributed by atoms with E-state index in [-0.39, 0.29) is 42.5 Å². The Kier molecular flexibility index (Phi) is 9.16. The summed E-state index contributed by atoms with van der Waals surface area (Å²) in [6.45, 7) is 11.8. The van der Waals surface area contributed by atoms with Gasteiger partial charge in [0.05, 0.1) is 19.2 Å². The molecule has 0 saturated carbocycles. The molecule has 0 aliphatic carbocycles. The smallest absolute Gasteiger partial charge is 0.321 e. The first-order valence-electron chi connectivity index (χ1n) is 12.5. The van der Waals surface area contributed by atoms with Gasteiger partial charge in [0.1, 0.15) is 23.0 Å². The molecule has 10 nitrogen and oxygen atoms in total. The Hall–Kier alpha value is -3.58. The lowest BCUT2D eigenvalue weighted by atomic mass is 10.00. The number of likely N-dealkylation sites (N-methyl/N-ethyl adjacent to an activating group) is 1. The molecule has 2 N–H and O–H groups in total. The minimum atomic E-state index is -0.467. The molecule has 0 bridgehead atoms. The molecule has 3 atom stereocenters. The number of ether oxygens (including phenoxy) is 1. The van der Waals surface area contributed by atoms with Gasteiger partial charge in [-0.25, -0.2) is 9.78 Å². The van der Waals surface area contributed by atoms with Crippen molar-refractivity contribution in [2.75, 3.05) is 32.1 Å². The van der Waals surface area contributed by atoms with Crippen LogP contribution in [-0.4, -0.2) is 75.9 Å². The summed E-state index contributed by atoms with van der Waals surface area (Å²) >= 11 is 0. The summed E-state index contributed by atoms with van der Waals surface area (Å²) in [5.74, 6) is 6.90. The molecular formula is C27H37N5O5. The Bertz CT molecular complexity index is 1160. The highest BCUT2D eigenvalue weighted by atomic mass is 16.5. The number of hydrogen-bond acceptors (Lipinski definition) is 7. The van der Waals surface area contributed by atoms with Crippen LogP contribution in [-0.2, 0) is 0 Å². The monoisotopic (exact) mass is 511 g/mol. The van der Waals surface area contributed by atoms with Crippen molar-refractivity contribution in [3.05, 3.63) is 34.8 Å². The van der Waals surface area contributed by atoms with E-state index in [9.17, 15) is 14.7 Å². The number of carbonyl (C=O) groups excluding carboxylic acids is 2. The van der Waals surface area contributed by atoms with Crippen molar-refractivity contribution in [2.24, 2.45) is 11.8 Å². The van der Waals surface area contributed by atoms with Crippen molar-refractivity contribution in [1.82, 2.24) is 19.9 Å². The maximum atomic E-state index is 13.5. The molecule has 0 unspecified atom stereocenters. The van der Waals surface area contributed by atoms with E-state index in [1.54, 1.807) is 45.0 Å². The fourth-order valence-electron chi connectivity index (χ4n) is 3.96. The zero-order chi connectivity index (χ0) is 27.3. The van der Waals surface area contributed by atoms with Crippen LogP contribution in [0.2, 0.25) is 0 Å². The Balaban J connectivity index is 1.88. The van der Waals surface area contributed by atoms with Crippen LogP contribution < -0.4 is 10.1 Å². The maximum Gasteiger partial charge on any atom is 0.321 e. The first kappa shape index (κ1) is 28.0. The second-order valence-corrected chi connectivity index (χ2v) is 10.1. The average molecular weight is 512 g/mol. The lowest BCUT2D eigenvalue weighted by molar-refractivity contribution is 0.0356. The molecule has 2 aromatic heterocycles. The van der Waals surface area contributed by atoms with Gasteiger partial charge in [-0.05, 0) is 32.8 Å². The highest BCUT2D eigenvalue weighted by Gasteiger charge is 2.34. The van der Waals surface area contributed by atoms with Crippen LogP contribution in [0.1, 0.15) is 61.5 Å². The van der Waals surface area contributed by atoms with Gasteiger partial charge in [-0.3, -0.25) is 4.79 Å². The number of carbonyl (C=O) groups is 2. The number of aliphatic hydroxyl groups is 1. The van der Waals surface area contributed by atoms with Gasteiger partial charge >= 0.3 is 6.03 Å². The van der Waals surface area contributed by atoms with Crippen molar-refractivity contribution >= 4 is 17.6 Å². The number of nitrogens with one attached hydrogen (secondary N) is 1. The number of fused-ring (bicyclic) bond motifs is 1. The van der Waals surface area contributed by atoms with Crippen LogP contribution >= 0.6 is 0 Å². The summed E-state index contributed by atoms with van der Waals surface area (Å²) in [5, 5.41) is 16.5. The zero-order valence-electron chi connectivity index (χ0n) is 22.7. The summed E-state index contributed by atoms with van der Waals surface area (Å²) in [7, 11) is 1.67. The number of urea groups is 1. The molecule has 1 aliphatic rings. The van der Waals surface area contributed by atoms with E-state index in [0.29, 0.717) is 35.2 Å². The zero-order valence-corrected chi connectivity index (χ0v) is 22.7. The van der Waals surface area contributed by atoms with Crippen LogP contribution in [0.5, 0.6) is 5.88 Å². The van der Waals surface area contributed by atoms with E-state index < -0.39 is 12.1 Å². The quantitative estimate of drug-likeness (QED) is 0.570. The summed E-state index contributed by atoms with van der Waals surface area (Å²) in [6, 6.07) is 0.946. The van der Waals surface area contributed by atoms with Gasteiger partial charge in [-0.15, -0.1) is 0 Å². The molecule has 0 fully saturated rings. The minimum absolute atomic E-state index is 0.160. The van der Waals surface area contributed by atoms with Crippen molar-refractivity contribution in [3.63, 3.8) is 0 Å². The number of hydrogen-bond donors (Lipinski definition) is 2. The van der Waals surface area contributed by atoms with Gasteiger partial charge in [0, 0.05) is 37.7 Å². The normalized spacial score (nSPS) is 18.2. The molecular weight excluding hydrogens is 474 g/mol. The molecule has 3 rings (SSSR count). The predicted molar refractivity (Wildman–Crippen MR) is 139 cm³/mol. The standard InChI is InChI=1S/C27H37N5O5/c1-16(2)9-8-10-21-11-22-25(28-12-21)36-23(17(3)13-32(26(22)34)18(4)15-33)14-31(7)27(35)29-24-19(5)30-37-20(24)6/h11-12,16-18,23,33H,9,13-15H2,1-7H3,(H,29,35)/t17-,18+,23+/m1/s1. The van der Waals surface area contributed by atoms with Crippen LogP contribution in [0.3, 0.4) is 0 Å². The number of aromatic nitrogens is 2. The van der Waals surface area contributed by atoms with Crippen LogP contribution in [0.4, 0.5) is 10.5 Å². The Morgan fingerprint density at radius 2 is 2.08 bits per heavy atom. The third-order valence-corrected chi connectivity index (χ3v) is 6.33. The molecule has 1 aliphatic heterocycles. The third-order valence-electron chi connectivity index (χ3n) is 6.33. The van der Waals surface area contributed by atoms with Gasteiger partial charge in [0.2, 0.25) is 5.88 Å². The first-order valence-corrected chi connectivity index (χ1v) is 12.5. The van der Waals surface area contributed by atoms with Crippen LogP contribution in [0.15, 0.2) is 16.8 Å². The van der Waals surface area contributed by atoms with Crippen LogP contribution in [0.25, 0.3) is 0 Å². The maximum absolute atomic E-state index is 13.5. The summed E-state index contributed by atoms with van der Waals surface area (Å²) in [4.78, 5) is 34.0. The van der Waals surface area contributed by atoms with E-state index in [1.807, 2.05) is 6.92 Å². The van der Waals surface area contributed by atoms with Crippen molar-refractivity contribution in [2.45, 2.75) is 60.1 Å². The second kappa shape index (κ2) is 12.1. The molecule has 3 heterocycles. The number of pyridine rings is 1. The summed E-state index contributed by atoms with van der Waals surface area (Å²) in [6.07, 6.45) is 1.86. The second-order valence-electron chi connectivity index (χ2n) is 10.1. The predicted octanol–water partition coefficient (Wildman–Crippen LogP) is 3.47. The number of aryl methyl sites for hydroxylation is 2. The van der Waals surface area contributed by atoms with Gasteiger partial charge in [-0.2, -0.15) is 0 Å². The SMILES string of the molecule is Cc1noc(C)c1NC(=O)N(C)C[C@@H]1Oc2ncc(C#CCC(C)C)cc2C(=O)N([C@@H](C)CO)C[C@H]1C. The lowest BCUT2D eigenvalue weighted by Gasteiger charge is -2.37. The molecule has 0 spiro atoms. The molecule has 0 aromatic carbocycles. The van der Waals surface area contributed by atoms with Crippen molar-refractivity contribution < 1.29 is 24.0 Å². The molecule has 3 amide bonds. The Labute approximate surface area is 218 Å². The lowest BCUT2D eigenvalue weighted by Crippen LogP contribution is -2.50. The van der Waals surface area contributed by atoms with Gasteiger partial charge in [0.25, 0.3) is 5.91 Å². The van der Waals surface area contributed by atoms with Gasteiger partial charge < -0.3 is 29.5 Å². The highest BCUT2D eigenvalue weighted by Crippen LogP contribution is 2.27.